The molecular weight excluding hydrogens is 202 g/mol. The molecule has 0 saturated heterocycles. The van der Waals surface area contributed by atoms with Crippen molar-refractivity contribution in [3.05, 3.63) is 35.4 Å². The van der Waals surface area contributed by atoms with Gasteiger partial charge in [-0.25, -0.2) is 0 Å². The molecule has 1 aliphatic carbocycles. The maximum atomic E-state index is 3.56. The van der Waals surface area contributed by atoms with Gasteiger partial charge in [-0.3, -0.25) is 0 Å². The SMILES string of the molecule is CSC1(CNCc2cccc(C)c2)CC1. The Morgan fingerprint density at radius 2 is 2.20 bits per heavy atom. The van der Waals surface area contributed by atoms with Gasteiger partial charge in [-0.15, -0.1) is 0 Å². The highest BCUT2D eigenvalue weighted by atomic mass is 32.2. The van der Waals surface area contributed by atoms with E-state index in [4.69, 9.17) is 0 Å². The van der Waals surface area contributed by atoms with Crippen LogP contribution >= 0.6 is 11.8 Å². The lowest BCUT2D eigenvalue weighted by atomic mass is 10.1. The molecule has 15 heavy (non-hydrogen) atoms. The van der Waals surface area contributed by atoms with E-state index >= 15 is 0 Å². The summed E-state index contributed by atoms with van der Waals surface area (Å²) in [4.78, 5) is 0. The van der Waals surface area contributed by atoms with Crippen molar-refractivity contribution < 1.29 is 0 Å². The van der Waals surface area contributed by atoms with Crippen molar-refractivity contribution >= 4 is 11.8 Å². The third kappa shape index (κ3) is 2.99. The van der Waals surface area contributed by atoms with E-state index in [1.54, 1.807) is 0 Å². The van der Waals surface area contributed by atoms with Gasteiger partial charge in [-0.2, -0.15) is 11.8 Å². The summed E-state index contributed by atoms with van der Waals surface area (Å²) >= 11 is 2.01. The van der Waals surface area contributed by atoms with Gasteiger partial charge in [0.15, 0.2) is 0 Å². The van der Waals surface area contributed by atoms with Crippen LogP contribution in [-0.2, 0) is 6.54 Å². The van der Waals surface area contributed by atoms with Gasteiger partial charge in [0.25, 0.3) is 0 Å². The van der Waals surface area contributed by atoms with Crippen LogP contribution in [0.3, 0.4) is 0 Å². The van der Waals surface area contributed by atoms with E-state index < -0.39 is 0 Å². The predicted molar refractivity (Wildman–Crippen MR) is 68.4 cm³/mol. The van der Waals surface area contributed by atoms with Crippen LogP contribution in [0.4, 0.5) is 0 Å². The summed E-state index contributed by atoms with van der Waals surface area (Å²) in [6.07, 6.45) is 4.99. The predicted octanol–water partition coefficient (Wildman–Crippen LogP) is 2.98. The van der Waals surface area contributed by atoms with Crippen LogP contribution in [0.15, 0.2) is 24.3 Å². The van der Waals surface area contributed by atoms with Crippen molar-refractivity contribution in [2.75, 3.05) is 12.8 Å². The molecule has 2 heteroatoms. The molecule has 0 bridgehead atoms. The Kier molecular flexibility index (Phi) is 3.37. The zero-order chi connectivity index (χ0) is 10.7. The first kappa shape index (κ1) is 11.0. The highest BCUT2D eigenvalue weighted by Crippen LogP contribution is 2.46. The molecule has 0 atom stereocenters. The number of nitrogens with one attached hydrogen (secondary N) is 1. The van der Waals surface area contributed by atoms with Gasteiger partial charge in [0.1, 0.15) is 0 Å². The summed E-state index contributed by atoms with van der Waals surface area (Å²) in [5, 5.41) is 3.56. The molecule has 0 radical (unpaired) electrons. The standard InChI is InChI=1S/C13H19NS/c1-11-4-3-5-12(8-11)9-14-10-13(15-2)6-7-13/h3-5,8,14H,6-7,9-10H2,1-2H3. The van der Waals surface area contributed by atoms with E-state index in [1.165, 1.54) is 24.0 Å². The Morgan fingerprint density at radius 3 is 2.80 bits per heavy atom. The van der Waals surface area contributed by atoms with E-state index in [0.29, 0.717) is 4.75 Å². The summed E-state index contributed by atoms with van der Waals surface area (Å²) in [6, 6.07) is 8.73. The Balaban J connectivity index is 1.78. The molecule has 0 aliphatic heterocycles. The summed E-state index contributed by atoms with van der Waals surface area (Å²) in [5.74, 6) is 0. The van der Waals surface area contributed by atoms with Gasteiger partial charge in [0.2, 0.25) is 0 Å². The van der Waals surface area contributed by atoms with Crippen LogP contribution in [0.2, 0.25) is 0 Å². The van der Waals surface area contributed by atoms with E-state index in [9.17, 15) is 0 Å². The molecule has 1 aromatic rings. The Labute approximate surface area is 96.7 Å². The smallest absolute Gasteiger partial charge is 0.0282 e. The third-order valence-corrected chi connectivity index (χ3v) is 4.52. The van der Waals surface area contributed by atoms with Crippen LogP contribution in [0, 0.1) is 6.92 Å². The largest absolute Gasteiger partial charge is 0.311 e. The minimum atomic E-state index is 0.573. The molecule has 0 amide bonds. The highest BCUT2D eigenvalue weighted by molar-refractivity contribution is 8.00. The number of aryl methyl sites for hydroxylation is 1. The molecule has 1 nitrogen and oxygen atoms in total. The molecular formula is C13H19NS. The fraction of sp³-hybridized carbons (Fsp3) is 0.538. The van der Waals surface area contributed by atoms with Gasteiger partial charge in [-0.1, -0.05) is 29.8 Å². The second kappa shape index (κ2) is 4.58. The molecule has 1 aliphatic rings. The monoisotopic (exact) mass is 221 g/mol. The molecule has 1 fully saturated rings. The van der Waals surface area contributed by atoms with Gasteiger partial charge in [-0.05, 0) is 31.6 Å². The molecule has 0 spiro atoms. The van der Waals surface area contributed by atoms with Crippen LogP contribution in [-0.4, -0.2) is 17.5 Å². The minimum Gasteiger partial charge on any atom is -0.311 e. The lowest BCUT2D eigenvalue weighted by Crippen LogP contribution is -2.25. The zero-order valence-electron chi connectivity index (χ0n) is 9.55. The first-order valence-corrected chi connectivity index (χ1v) is 6.78. The quantitative estimate of drug-likeness (QED) is 0.820. The summed E-state index contributed by atoms with van der Waals surface area (Å²) in [7, 11) is 0. The molecule has 2 rings (SSSR count). The third-order valence-electron chi connectivity index (χ3n) is 3.10. The van der Waals surface area contributed by atoms with Crippen LogP contribution in [0.25, 0.3) is 0 Å². The topological polar surface area (TPSA) is 12.0 Å². The molecule has 1 aromatic carbocycles. The van der Waals surface area contributed by atoms with Crippen molar-refractivity contribution in [1.29, 1.82) is 0 Å². The van der Waals surface area contributed by atoms with Crippen molar-refractivity contribution in [3.8, 4) is 0 Å². The fourth-order valence-electron chi connectivity index (χ4n) is 1.85. The van der Waals surface area contributed by atoms with Crippen LogP contribution < -0.4 is 5.32 Å². The van der Waals surface area contributed by atoms with Crippen molar-refractivity contribution in [2.24, 2.45) is 0 Å². The van der Waals surface area contributed by atoms with E-state index in [2.05, 4.69) is 42.8 Å². The molecule has 0 heterocycles. The maximum absolute atomic E-state index is 3.56. The second-order valence-corrected chi connectivity index (χ2v) is 5.75. The second-order valence-electron chi connectivity index (χ2n) is 4.48. The number of thioether (sulfide) groups is 1. The van der Waals surface area contributed by atoms with Crippen LogP contribution in [0.1, 0.15) is 24.0 Å². The lowest BCUT2D eigenvalue weighted by molar-refractivity contribution is 0.663. The highest BCUT2D eigenvalue weighted by Gasteiger charge is 2.41. The number of rotatable bonds is 5. The first-order valence-electron chi connectivity index (χ1n) is 5.56. The van der Waals surface area contributed by atoms with Gasteiger partial charge in [0, 0.05) is 17.8 Å². The van der Waals surface area contributed by atoms with E-state index in [1.807, 2.05) is 11.8 Å². The molecule has 1 N–H and O–H groups in total. The normalized spacial score (nSPS) is 17.7. The van der Waals surface area contributed by atoms with Crippen molar-refractivity contribution in [1.82, 2.24) is 5.32 Å². The van der Waals surface area contributed by atoms with Gasteiger partial charge < -0.3 is 5.32 Å². The molecule has 82 valence electrons. The Morgan fingerprint density at radius 1 is 1.40 bits per heavy atom. The minimum absolute atomic E-state index is 0.573. The summed E-state index contributed by atoms with van der Waals surface area (Å²) in [6.45, 7) is 4.31. The van der Waals surface area contributed by atoms with Crippen molar-refractivity contribution in [2.45, 2.75) is 31.1 Å². The molecule has 1 saturated carbocycles. The Hall–Kier alpha value is -0.470. The molecule has 0 aromatic heterocycles. The average molecular weight is 221 g/mol. The first-order chi connectivity index (χ1) is 7.24. The van der Waals surface area contributed by atoms with E-state index in [-0.39, 0.29) is 0 Å². The Bertz CT molecular complexity index is 331. The van der Waals surface area contributed by atoms with Crippen LogP contribution in [0.5, 0.6) is 0 Å². The fourth-order valence-corrected chi connectivity index (χ4v) is 2.61. The number of hydrogen-bond donors (Lipinski definition) is 1. The summed E-state index contributed by atoms with van der Waals surface area (Å²) in [5.41, 5.74) is 2.74. The maximum Gasteiger partial charge on any atom is 0.0282 e. The number of hydrogen-bond acceptors (Lipinski definition) is 2. The summed E-state index contributed by atoms with van der Waals surface area (Å²) < 4.78 is 0.573. The average Bonchev–Trinajstić information content (AvgIpc) is 2.99. The van der Waals surface area contributed by atoms with E-state index in [0.717, 1.165) is 13.1 Å². The van der Waals surface area contributed by atoms with Gasteiger partial charge in [0.05, 0.1) is 0 Å². The zero-order valence-corrected chi connectivity index (χ0v) is 10.4. The lowest BCUT2D eigenvalue weighted by Gasteiger charge is -2.13. The molecule has 0 unspecified atom stereocenters. The number of benzene rings is 1. The van der Waals surface area contributed by atoms with Gasteiger partial charge >= 0.3 is 0 Å². The van der Waals surface area contributed by atoms with Crippen molar-refractivity contribution in [3.63, 3.8) is 0 Å².